The van der Waals surface area contributed by atoms with Crippen LogP contribution in [0, 0.1) is 11.8 Å². The van der Waals surface area contributed by atoms with E-state index in [1.54, 1.807) is 6.92 Å². The van der Waals surface area contributed by atoms with Crippen LogP contribution in [0.3, 0.4) is 0 Å². The zero-order chi connectivity index (χ0) is 9.61. The summed E-state index contributed by atoms with van der Waals surface area (Å²) < 4.78 is 4.15. The second kappa shape index (κ2) is 4.72. The van der Waals surface area contributed by atoms with Crippen LogP contribution in [0.5, 0.6) is 0 Å². The topological polar surface area (TPSA) is 87.0 Å². The lowest BCUT2D eigenvalue weighted by Crippen LogP contribution is -2.34. The normalized spacial score (nSPS) is 10.0. The summed E-state index contributed by atoms with van der Waals surface area (Å²) in [6.45, 7) is 0.832. The molecule has 0 unspecified atom stereocenters. The largest absolute Gasteiger partial charge is 0.447 e. The van der Waals surface area contributed by atoms with Crippen LogP contribution >= 0.6 is 0 Å². The van der Waals surface area contributed by atoms with Gasteiger partial charge in [-0.25, -0.2) is 4.79 Å². The van der Waals surface area contributed by atoms with Crippen molar-refractivity contribution in [1.82, 2.24) is 0 Å². The van der Waals surface area contributed by atoms with Gasteiger partial charge in [-0.1, -0.05) is 12.8 Å². The van der Waals surface area contributed by atoms with Crippen LogP contribution < -0.4 is 0 Å². The number of hydrogen-bond donors (Lipinski definition) is 3. The second-order valence-electron chi connectivity index (χ2n) is 2.01. The van der Waals surface area contributed by atoms with E-state index in [4.69, 9.17) is 15.3 Å². The summed E-state index contributed by atoms with van der Waals surface area (Å²) in [5.74, 6) is 0.588. The molecule has 0 aliphatic rings. The third-order valence-corrected chi connectivity index (χ3v) is 0.764. The standard InChI is InChI=1S/C7H10O5/c1-2-3-4-6(8)12-5-7(9,10)11/h9-11H,2,5H2,1H3. The average Bonchev–Trinajstić information content (AvgIpc) is 1.95. The van der Waals surface area contributed by atoms with Gasteiger partial charge < -0.3 is 20.1 Å². The maximum atomic E-state index is 10.5. The highest BCUT2D eigenvalue weighted by molar-refractivity contribution is 5.88. The molecule has 5 heteroatoms. The molecule has 0 saturated carbocycles. The summed E-state index contributed by atoms with van der Waals surface area (Å²) in [6, 6.07) is 0. The van der Waals surface area contributed by atoms with Crippen molar-refractivity contribution in [3.63, 3.8) is 0 Å². The molecular weight excluding hydrogens is 164 g/mol. The molecule has 0 bridgehead atoms. The fraction of sp³-hybridized carbons (Fsp3) is 0.571. The molecule has 0 aliphatic carbocycles. The summed E-state index contributed by atoms with van der Waals surface area (Å²) >= 11 is 0. The minimum atomic E-state index is -2.98. The Morgan fingerprint density at radius 3 is 2.50 bits per heavy atom. The van der Waals surface area contributed by atoms with E-state index in [1.165, 1.54) is 0 Å². The number of ether oxygens (including phenoxy) is 1. The van der Waals surface area contributed by atoms with Crippen LogP contribution in [0.4, 0.5) is 0 Å². The van der Waals surface area contributed by atoms with Crippen molar-refractivity contribution in [2.24, 2.45) is 0 Å². The highest BCUT2D eigenvalue weighted by atomic mass is 16.7. The zero-order valence-electron chi connectivity index (χ0n) is 6.57. The Hall–Kier alpha value is -1.09. The van der Waals surface area contributed by atoms with E-state index >= 15 is 0 Å². The molecule has 0 aromatic carbocycles. The van der Waals surface area contributed by atoms with E-state index in [0.29, 0.717) is 6.42 Å². The molecule has 5 nitrogen and oxygen atoms in total. The maximum absolute atomic E-state index is 10.5. The van der Waals surface area contributed by atoms with E-state index in [-0.39, 0.29) is 0 Å². The molecule has 0 heterocycles. The van der Waals surface area contributed by atoms with Crippen LogP contribution in [-0.4, -0.2) is 33.9 Å². The Labute approximate surface area is 69.6 Å². The van der Waals surface area contributed by atoms with E-state index < -0.39 is 18.5 Å². The van der Waals surface area contributed by atoms with Gasteiger partial charge in [0.25, 0.3) is 0 Å². The summed E-state index contributed by atoms with van der Waals surface area (Å²) in [7, 11) is 0. The number of hydrogen-bond acceptors (Lipinski definition) is 5. The van der Waals surface area contributed by atoms with Crippen LogP contribution in [0.25, 0.3) is 0 Å². The molecule has 68 valence electrons. The van der Waals surface area contributed by atoms with Crippen molar-refractivity contribution in [3.05, 3.63) is 0 Å². The van der Waals surface area contributed by atoms with Crippen LogP contribution in [0.15, 0.2) is 0 Å². The summed E-state index contributed by atoms with van der Waals surface area (Å²) in [6.07, 6.45) is 0.498. The fourth-order valence-electron chi connectivity index (χ4n) is 0.359. The van der Waals surface area contributed by atoms with Gasteiger partial charge in [0.2, 0.25) is 0 Å². The molecule has 0 rings (SSSR count). The van der Waals surface area contributed by atoms with E-state index in [1.807, 2.05) is 0 Å². The molecule has 0 fully saturated rings. The monoisotopic (exact) mass is 174 g/mol. The third kappa shape index (κ3) is 7.02. The molecule has 3 N–H and O–H groups in total. The molecule has 0 saturated heterocycles. The number of carbonyl (C=O) groups is 1. The molecule has 0 spiro atoms. The first-order valence-electron chi connectivity index (χ1n) is 3.28. The lowest BCUT2D eigenvalue weighted by molar-refractivity contribution is -0.327. The number of rotatable bonds is 2. The second-order valence-corrected chi connectivity index (χ2v) is 2.01. The van der Waals surface area contributed by atoms with E-state index in [2.05, 4.69) is 16.6 Å². The van der Waals surface area contributed by atoms with Crippen molar-refractivity contribution in [2.75, 3.05) is 6.61 Å². The predicted molar refractivity (Wildman–Crippen MR) is 38.4 cm³/mol. The van der Waals surface area contributed by atoms with Crippen molar-refractivity contribution >= 4 is 5.97 Å². The Balaban J connectivity index is 3.73. The van der Waals surface area contributed by atoms with Gasteiger partial charge in [0, 0.05) is 12.3 Å². The molecular formula is C7H10O5. The number of carbonyl (C=O) groups excluding carboxylic acids is 1. The van der Waals surface area contributed by atoms with Gasteiger partial charge in [0.1, 0.15) is 0 Å². The third-order valence-electron chi connectivity index (χ3n) is 0.764. The van der Waals surface area contributed by atoms with Gasteiger partial charge >= 0.3 is 11.9 Å². The molecule has 0 aromatic rings. The first kappa shape index (κ1) is 10.9. The fourth-order valence-corrected chi connectivity index (χ4v) is 0.359. The highest BCUT2D eigenvalue weighted by Gasteiger charge is 2.20. The molecule has 12 heavy (non-hydrogen) atoms. The molecule has 0 aliphatic heterocycles. The van der Waals surface area contributed by atoms with E-state index in [9.17, 15) is 4.79 Å². The first-order valence-corrected chi connectivity index (χ1v) is 3.28. The smallest absolute Gasteiger partial charge is 0.384 e. The lowest BCUT2D eigenvalue weighted by atomic mass is 10.5. The van der Waals surface area contributed by atoms with Crippen molar-refractivity contribution < 1.29 is 24.9 Å². The van der Waals surface area contributed by atoms with Gasteiger partial charge in [-0.2, -0.15) is 0 Å². The summed E-state index contributed by atoms with van der Waals surface area (Å²) in [4.78, 5) is 10.5. The SMILES string of the molecule is CCC#CC(=O)OCC(O)(O)O. The van der Waals surface area contributed by atoms with Gasteiger partial charge in [0.15, 0.2) is 6.61 Å². The number of esters is 1. The molecule has 0 radical (unpaired) electrons. The summed E-state index contributed by atoms with van der Waals surface area (Å²) in [5, 5.41) is 24.8. The Bertz CT molecular complexity index is 204. The van der Waals surface area contributed by atoms with E-state index in [0.717, 1.165) is 0 Å². The molecule has 0 amide bonds. The Morgan fingerprint density at radius 2 is 2.08 bits per heavy atom. The maximum Gasteiger partial charge on any atom is 0.384 e. The zero-order valence-corrected chi connectivity index (χ0v) is 6.57. The first-order chi connectivity index (χ1) is 5.45. The molecule has 0 aromatic heterocycles. The minimum absolute atomic E-state index is 0.498. The van der Waals surface area contributed by atoms with Crippen LogP contribution in [-0.2, 0) is 9.53 Å². The lowest BCUT2D eigenvalue weighted by Gasteiger charge is -2.11. The molecule has 0 atom stereocenters. The van der Waals surface area contributed by atoms with Crippen LogP contribution in [0.1, 0.15) is 13.3 Å². The van der Waals surface area contributed by atoms with Crippen molar-refractivity contribution in [2.45, 2.75) is 19.3 Å². The minimum Gasteiger partial charge on any atom is -0.447 e. The van der Waals surface area contributed by atoms with Gasteiger partial charge in [-0.15, -0.1) is 0 Å². The van der Waals surface area contributed by atoms with Crippen LogP contribution in [0.2, 0.25) is 0 Å². The predicted octanol–water partition coefficient (Wildman–Crippen LogP) is -1.43. The highest BCUT2D eigenvalue weighted by Crippen LogP contribution is 1.92. The average molecular weight is 174 g/mol. The quantitative estimate of drug-likeness (QED) is 0.207. The van der Waals surface area contributed by atoms with Gasteiger partial charge in [-0.3, -0.25) is 0 Å². The van der Waals surface area contributed by atoms with Crippen molar-refractivity contribution in [1.29, 1.82) is 0 Å². The van der Waals surface area contributed by atoms with Gasteiger partial charge in [-0.05, 0) is 0 Å². The Morgan fingerprint density at radius 1 is 1.50 bits per heavy atom. The van der Waals surface area contributed by atoms with Crippen molar-refractivity contribution in [3.8, 4) is 11.8 Å². The number of aliphatic hydroxyl groups is 3. The Kier molecular flexibility index (Phi) is 4.29. The van der Waals surface area contributed by atoms with Gasteiger partial charge in [0.05, 0.1) is 0 Å². The summed E-state index contributed by atoms with van der Waals surface area (Å²) in [5.41, 5.74) is 0.